The summed E-state index contributed by atoms with van der Waals surface area (Å²) in [5, 5.41) is 12.5. The van der Waals surface area contributed by atoms with Gasteiger partial charge in [0.05, 0.1) is 0 Å². The highest BCUT2D eigenvalue weighted by Gasteiger charge is 2.26. The van der Waals surface area contributed by atoms with Gasteiger partial charge in [-0.25, -0.2) is 0 Å². The molecule has 0 saturated carbocycles. The molecule has 4 rings (SSSR count). The van der Waals surface area contributed by atoms with Gasteiger partial charge in [0.2, 0.25) is 0 Å². The Morgan fingerprint density at radius 2 is 0.925 bits per heavy atom. The first-order valence-electron chi connectivity index (χ1n) is 11.8. The number of fused-ring (bicyclic) bond motifs is 2. The van der Waals surface area contributed by atoms with E-state index in [9.17, 15) is 5.11 Å². The zero-order chi connectivity index (χ0) is 29.8. The Hall–Kier alpha value is -2.98. The quantitative estimate of drug-likeness (QED) is 0.134. The van der Waals surface area contributed by atoms with Gasteiger partial charge in [0.25, 0.3) is 0 Å². The summed E-state index contributed by atoms with van der Waals surface area (Å²) >= 11 is 0. The first-order valence-corrected chi connectivity index (χ1v) is 11.8. The van der Waals surface area contributed by atoms with Crippen LogP contribution in [-0.4, -0.2) is 99.3 Å². The van der Waals surface area contributed by atoms with E-state index in [1.807, 2.05) is 0 Å². The molecule has 1 N–H and O–H groups in total. The van der Waals surface area contributed by atoms with Gasteiger partial charge < -0.3 is 5.11 Å². The van der Waals surface area contributed by atoms with Crippen LogP contribution in [0, 0.1) is 12.3 Å². The second-order valence-electron chi connectivity index (χ2n) is 9.20. The smallest absolute Gasteiger partial charge is 0.118 e. The zero-order valence-corrected chi connectivity index (χ0v) is 21.5. The number of phenolic OH excluding ortho intramolecular Hbond substituents is 1. The lowest BCUT2D eigenvalue weighted by Crippen LogP contribution is -2.55. The zero-order valence-electron chi connectivity index (χ0n) is 21.5. The lowest BCUT2D eigenvalue weighted by atomic mass is 9.57. The van der Waals surface area contributed by atoms with Crippen molar-refractivity contribution in [2.24, 2.45) is 0 Å². The summed E-state index contributed by atoms with van der Waals surface area (Å²) in [7, 11) is 76.1. The number of hydrogen-bond donors (Lipinski definition) is 1. The fourth-order valence-corrected chi connectivity index (χ4v) is 4.95. The molecule has 4 aromatic rings. The van der Waals surface area contributed by atoms with Crippen LogP contribution in [0.25, 0.3) is 32.7 Å². The van der Waals surface area contributed by atoms with Crippen molar-refractivity contribution < 1.29 is 5.11 Å². The number of phenols is 1. The first-order chi connectivity index (χ1) is 18.8. The largest absolute Gasteiger partial charge is 0.508 e. The maximum atomic E-state index is 11.5. The van der Waals surface area contributed by atoms with E-state index in [2.05, 4.69) is 5.92 Å². The molecule has 0 saturated heterocycles. The van der Waals surface area contributed by atoms with Gasteiger partial charge >= 0.3 is 0 Å². The van der Waals surface area contributed by atoms with Crippen LogP contribution >= 0.6 is 0 Å². The molecule has 0 aliphatic heterocycles. The van der Waals surface area contributed by atoms with Crippen LogP contribution in [0.4, 0.5) is 0 Å². The lowest BCUT2D eigenvalue weighted by molar-refractivity contribution is 0.486. The molecule has 0 atom stereocenters. The average molecular weight is 478 g/mol. The van der Waals surface area contributed by atoms with Crippen molar-refractivity contribution in [3.63, 3.8) is 0 Å². The van der Waals surface area contributed by atoms with Gasteiger partial charge in [-0.15, -0.1) is 39.2 Å². The van der Waals surface area contributed by atoms with Gasteiger partial charge in [-0.3, -0.25) is 0 Å². The summed E-state index contributed by atoms with van der Waals surface area (Å²) < 4.78 is 0. The lowest BCUT2D eigenvalue weighted by Gasteiger charge is -2.30. The van der Waals surface area contributed by atoms with Crippen molar-refractivity contribution in [2.75, 3.05) is 0 Å². The van der Waals surface area contributed by atoms with Gasteiger partial charge in [0, 0.05) is 5.39 Å². The minimum atomic E-state index is -0.419. The molecule has 1 nitrogen and oxygen atoms in total. The Morgan fingerprint density at radius 1 is 0.500 bits per heavy atom. The van der Waals surface area contributed by atoms with Crippen molar-refractivity contribution in [3.8, 4) is 29.2 Å². The van der Waals surface area contributed by atoms with Gasteiger partial charge in [0.15, 0.2) is 0 Å². The fraction of sp³-hybridized carbons (Fsp3) is 0.0370. The van der Waals surface area contributed by atoms with Crippen LogP contribution in [0.15, 0.2) is 24.3 Å². The fourth-order valence-electron chi connectivity index (χ4n) is 4.95. The number of hydrogen-bond acceptors (Lipinski definition) is 1. The monoisotopic (exact) mass is 480 g/mol. The van der Waals surface area contributed by atoms with Crippen molar-refractivity contribution >= 4 is 181 Å². The maximum Gasteiger partial charge on any atom is 0.118 e. The summed E-state index contributed by atoms with van der Waals surface area (Å²) in [6.45, 7) is 0. The van der Waals surface area contributed by atoms with E-state index < -0.39 is 5.75 Å². The molecular formula is C27H8B12O. The molecule has 0 amide bonds. The maximum absolute atomic E-state index is 11.5. The Labute approximate surface area is 251 Å². The predicted molar refractivity (Wildman–Crippen MR) is 184 cm³/mol. The van der Waals surface area contributed by atoms with E-state index in [0.717, 1.165) is 0 Å². The Kier molecular flexibility index (Phi) is 8.34. The molecule has 0 aliphatic carbocycles. The number of benzene rings is 4. The van der Waals surface area contributed by atoms with E-state index in [1.54, 1.807) is 18.2 Å². The van der Waals surface area contributed by atoms with Gasteiger partial charge in [-0.1, -0.05) is 56.9 Å². The van der Waals surface area contributed by atoms with Gasteiger partial charge in [-0.2, -0.15) is 0 Å². The molecule has 4 aromatic carbocycles. The van der Waals surface area contributed by atoms with E-state index in [-0.39, 0.29) is 93.9 Å². The minimum Gasteiger partial charge on any atom is -0.508 e. The molecule has 24 radical (unpaired) electrons. The average Bonchev–Trinajstić information content (AvgIpc) is 2.94. The highest BCUT2D eigenvalue weighted by Crippen LogP contribution is 2.39. The summed E-state index contributed by atoms with van der Waals surface area (Å²) in [5.74, 6) is 1.98. The van der Waals surface area contributed by atoms with E-state index in [4.69, 9.17) is 101 Å². The third-order valence-electron chi connectivity index (χ3n) is 7.07. The topological polar surface area (TPSA) is 20.2 Å². The van der Waals surface area contributed by atoms with Crippen LogP contribution in [0.5, 0.6) is 5.75 Å². The van der Waals surface area contributed by atoms with Crippen LogP contribution in [-0.2, 0) is 6.42 Å². The van der Waals surface area contributed by atoms with Crippen LogP contribution in [0.2, 0.25) is 0 Å². The molecule has 0 unspecified atom stereocenters. The van der Waals surface area contributed by atoms with E-state index >= 15 is 0 Å². The highest BCUT2D eigenvalue weighted by atomic mass is 16.3. The molecular weight excluding hydrogens is 470 g/mol. The van der Waals surface area contributed by atoms with Crippen LogP contribution < -0.4 is 65.6 Å². The number of terminal acetylenes is 1. The normalized spacial score (nSPS) is 11.7. The first kappa shape index (κ1) is 30.0. The molecule has 0 heterocycles. The summed E-state index contributed by atoms with van der Waals surface area (Å²) in [5.41, 5.74) is 0.546. The summed E-state index contributed by atoms with van der Waals surface area (Å²) in [6, 6.07) is 0. The molecule has 0 spiro atoms. The van der Waals surface area contributed by atoms with Crippen molar-refractivity contribution in [1.82, 2.24) is 0 Å². The van der Waals surface area contributed by atoms with E-state index in [0.29, 0.717) is 16.3 Å². The second-order valence-corrected chi connectivity index (χ2v) is 9.20. The molecule has 0 bridgehead atoms. The highest BCUT2D eigenvalue weighted by molar-refractivity contribution is 6.71. The molecule has 0 aliphatic rings. The molecule has 158 valence electrons. The Morgan fingerprint density at radius 3 is 1.45 bits per heavy atom. The molecule has 40 heavy (non-hydrogen) atoms. The molecule has 0 fully saturated rings. The Balaban J connectivity index is 2.46. The number of aromatic hydroxyl groups is 1. The van der Waals surface area contributed by atoms with Crippen LogP contribution in [0.1, 0.15) is 5.56 Å². The second kappa shape index (κ2) is 11.1. The number of allylic oxidation sites excluding steroid dienone is 4. The predicted octanol–water partition coefficient (Wildman–Crippen LogP) is -7.82. The SMILES string of the molecule is [B]c1c([B])c([B])c(-c2c3c([B])c([B])c([B])c([B])c3c(C/C=C\C=C/C#C)c3c([B])c([B])c([B])c(O)c23)c([B])c1[B]. The molecule has 0 aromatic heterocycles. The van der Waals surface area contributed by atoms with Crippen molar-refractivity contribution in [1.29, 1.82) is 0 Å². The Bertz CT molecular complexity index is 1760. The van der Waals surface area contributed by atoms with E-state index in [1.165, 1.54) is 6.08 Å². The third kappa shape index (κ3) is 4.40. The number of rotatable bonds is 4. The molecule has 13 heteroatoms. The summed E-state index contributed by atoms with van der Waals surface area (Å²) in [6.07, 6.45) is 12.2. The van der Waals surface area contributed by atoms with Gasteiger partial charge in [-0.05, 0) is 45.3 Å². The van der Waals surface area contributed by atoms with Crippen molar-refractivity contribution in [3.05, 3.63) is 29.9 Å². The minimum absolute atomic E-state index is 0.00606. The van der Waals surface area contributed by atoms with Crippen molar-refractivity contribution in [2.45, 2.75) is 6.42 Å². The summed E-state index contributed by atoms with van der Waals surface area (Å²) in [4.78, 5) is 0. The third-order valence-corrected chi connectivity index (χ3v) is 7.07. The van der Waals surface area contributed by atoms with Gasteiger partial charge in [0.1, 0.15) is 99.9 Å². The standard InChI is InChI=1S/C27H8B12O/c1-2-3-4-5-6-7-8-9-12(17(30)21(34)20(33)15(9)28)11(13-10(8)16(29)24(37)26(39)27(13)40)14-18(31)22(35)25(38)23(36)19(14)32/h1,3-6,40H,7H2/b4-3-,6-5-. The van der Waals surface area contributed by atoms with Crippen LogP contribution in [0.3, 0.4) is 0 Å².